The summed E-state index contributed by atoms with van der Waals surface area (Å²) < 4.78 is 2.81. The number of anilines is 1. The van der Waals surface area contributed by atoms with Gasteiger partial charge in [0, 0.05) is 14.1 Å². The first-order valence-corrected chi connectivity index (χ1v) is 5.76. The first kappa shape index (κ1) is 13.1. The van der Waals surface area contributed by atoms with Crippen molar-refractivity contribution in [2.75, 3.05) is 5.32 Å². The minimum atomic E-state index is -0.437. The highest BCUT2D eigenvalue weighted by Crippen LogP contribution is 2.21. The van der Waals surface area contributed by atoms with E-state index in [0.29, 0.717) is 16.5 Å². The molecule has 0 aliphatic carbocycles. The van der Waals surface area contributed by atoms with Crippen LogP contribution in [0.2, 0.25) is 5.02 Å². The van der Waals surface area contributed by atoms with Crippen LogP contribution in [0.5, 0.6) is 0 Å². The molecule has 8 heteroatoms. The molecule has 0 aromatic carbocycles. The predicted molar refractivity (Wildman–Crippen MR) is 68.8 cm³/mol. The van der Waals surface area contributed by atoms with E-state index >= 15 is 0 Å². The summed E-state index contributed by atoms with van der Waals surface area (Å²) in [6, 6.07) is 1.95. The Morgan fingerprint density at radius 1 is 1.47 bits per heavy atom. The van der Waals surface area contributed by atoms with E-state index in [1.54, 1.807) is 21.0 Å². The summed E-state index contributed by atoms with van der Waals surface area (Å²) >= 11 is 6.03. The van der Waals surface area contributed by atoms with E-state index in [-0.39, 0.29) is 11.3 Å². The topological polar surface area (TPSA) is 88.5 Å². The third kappa shape index (κ3) is 2.18. The molecule has 2 heterocycles. The van der Waals surface area contributed by atoms with Gasteiger partial charge in [-0.05, 0) is 6.92 Å². The quantitative estimate of drug-likeness (QED) is 0.895. The molecular formula is C11H11ClN6O. The predicted octanol–water partition coefficient (Wildman–Crippen LogP) is 1.24. The number of carbonyl (C=O) groups excluding carboxylic acids is 1. The summed E-state index contributed by atoms with van der Waals surface area (Å²) in [4.78, 5) is 12.2. The maximum atomic E-state index is 12.2. The van der Waals surface area contributed by atoms with Gasteiger partial charge in [-0.15, -0.1) is 0 Å². The number of nitrogens with one attached hydrogen (secondary N) is 1. The van der Waals surface area contributed by atoms with Crippen LogP contribution in [0.15, 0.2) is 6.20 Å². The van der Waals surface area contributed by atoms with Gasteiger partial charge >= 0.3 is 0 Å². The van der Waals surface area contributed by atoms with Crippen LogP contribution in [0.1, 0.15) is 21.7 Å². The Morgan fingerprint density at radius 3 is 2.68 bits per heavy atom. The molecular weight excluding hydrogens is 268 g/mol. The van der Waals surface area contributed by atoms with E-state index in [0.717, 1.165) is 0 Å². The lowest BCUT2D eigenvalue weighted by Gasteiger charge is -2.06. The maximum absolute atomic E-state index is 12.2. The Hall–Kier alpha value is -2.33. The van der Waals surface area contributed by atoms with Gasteiger partial charge in [-0.25, -0.2) is 0 Å². The third-order valence-electron chi connectivity index (χ3n) is 2.66. The van der Waals surface area contributed by atoms with Crippen LogP contribution < -0.4 is 5.32 Å². The summed E-state index contributed by atoms with van der Waals surface area (Å²) in [5.41, 5.74) is 1.09. The van der Waals surface area contributed by atoms with Gasteiger partial charge in [-0.2, -0.15) is 15.5 Å². The van der Waals surface area contributed by atoms with Crippen molar-refractivity contribution >= 4 is 23.3 Å². The number of carbonyl (C=O) groups is 1. The highest BCUT2D eigenvalue weighted by Gasteiger charge is 2.21. The zero-order valence-corrected chi connectivity index (χ0v) is 11.4. The second kappa shape index (κ2) is 4.74. The second-order valence-electron chi connectivity index (χ2n) is 3.97. The minimum absolute atomic E-state index is 0.240. The molecule has 7 nitrogen and oxygen atoms in total. The summed E-state index contributed by atoms with van der Waals surface area (Å²) in [5.74, 6) is -0.115. The molecule has 0 atom stereocenters. The molecule has 0 bridgehead atoms. The number of aryl methyl sites for hydroxylation is 3. The zero-order valence-electron chi connectivity index (χ0n) is 10.6. The summed E-state index contributed by atoms with van der Waals surface area (Å²) in [7, 11) is 3.26. The highest BCUT2D eigenvalue weighted by atomic mass is 35.5. The summed E-state index contributed by atoms with van der Waals surface area (Å²) in [5, 5.41) is 19.8. The van der Waals surface area contributed by atoms with Crippen LogP contribution in [0.4, 0.5) is 5.82 Å². The molecule has 1 N–H and O–H groups in total. The molecule has 0 saturated carbocycles. The maximum Gasteiger partial charge on any atom is 0.276 e. The van der Waals surface area contributed by atoms with E-state index in [1.807, 2.05) is 6.07 Å². The largest absolute Gasteiger partial charge is 0.304 e. The van der Waals surface area contributed by atoms with E-state index in [1.165, 1.54) is 15.6 Å². The molecule has 2 aromatic rings. The van der Waals surface area contributed by atoms with E-state index in [9.17, 15) is 4.79 Å². The fraction of sp³-hybridized carbons (Fsp3) is 0.273. The van der Waals surface area contributed by atoms with Gasteiger partial charge in [0.05, 0.1) is 16.9 Å². The number of nitrogens with zero attached hydrogens (tertiary/aromatic N) is 5. The van der Waals surface area contributed by atoms with Crippen molar-refractivity contribution in [3.05, 3.63) is 28.2 Å². The van der Waals surface area contributed by atoms with Crippen molar-refractivity contribution in [2.45, 2.75) is 6.92 Å². The van der Waals surface area contributed by atoms with Crippen molar-refractivity contribution in [1.29, 1.82) is 5.26 Å². The lowest BCUT2D eigenvalue weighted by molar-refractivity contribution is 0.101. The molecule has 98 valence electrons. The standard InChI is InChI=1S/C11H11ClN6O/c1-6-8(12)9(17(2)16-6)11(19)15-10-7(4-13)5-14-18(10)3/h5H,1-3H3,(H,15,19). The smallest absolute Gasteiger partial charge is 0.276 e. The van der Waals surface area contributed by atoms with Gasteiger partial charge in [0.25, 0.3) is 5.91 Å². The van der Waals surface area contributed by atoms with Gasteiger partial charge in [0.15, 0.2) is 0 Å². The van der Waals surface area contributed by atoms with Crippen molar-refractivity contribution in [3.8, 4) is 6.07 Å². The van der Waals surface area contributed by atoms with Crippen LogP contribution in [0, 0.1) is 18.3 Å². The van der Waals surface area contributed by atoms with Gasteiger partial charge < -0.3 is 5.32 Å². The van der Waals surface area contributed by atoms with E-state index in [4.69, 9.17) is 16.9 Å². The summed E-state index contributed by atoms with van der Waals surface area (Å²) in [6.07, 6.45) is 1.38. The molecule has 0 unspecified atom stereocenters. The van der Waals surface area contributed by atoms with Gasteiger partial charge in [-0.3, -0.25) is 14.2 Å². The second-order valence-corrected chi connectivity index (χ2v) is 4.35. The number of amides is 1. The number of halogens is 1. The van der Waals surface area contributed by atoms with Crippen LogP contribution >= 0.6 is 11.6 Å². The Kier molecular flexibility index (Phi) is 3.27. The first-order chi connectivity index (χ1) is 8.95. The van der Waals surface area contributed by atoms with E-state index in [2.05, 4.69) is 15.5 Å². The SMILES string of the molecule is Cc1nn(C)c(C(=O)Nc2c(C#N)cnn2C)c1Cl. The Labute approximate surface area is 114 Å². The fourth-order valence-electron chi connectivity index (χ4n) is 1.71. The number of rotatable bonds is 2. The molecule has 2 rings (SSSR count). The molecule has 0 aliphatic heterocycles. The monoisotopic (exact) mass is 278 g/mol. The van der Waals surface area contributed by atoms with Gasteiger partial charge in [0.1, 0.15) is 23.1 Å². The van der Waals surface area contributed by atoms with Gasteiger partial charge in [0.2, 0.25) is 0 Å². The van der Waals surface area contributed by atoms with E-state index < -0.39 is 5.91 Å². The number of hydrogen-bond donors (Lipinski definition) is 1. The number of aromatic nitrogens is 4. The average Bonchev–Trinajstić information content (AvgIpc) is 2.81. The Balaban J connectivity index is 2.37. The zero-order chi connectivity index (χ0) is 14.2. The Morgan fingerprint density at radius 2 is 2.16 bits per heavy atom. The molecule has 0 radical (unpaired) electrons. The highest BCUT2D eigenvalue weighted by molar-refractivity contribution is 6.34. The van der Waals surface area contributed by atoms with Crippen molar-refractivity contribution in [2.24, 2.45) is 14.1 Å². The lowest BCUT2D eigenvalue weighted by Crippen LogP contribution is -2.19. The van der Waals surface area contributed by atoms with Crippen molar-refractivity contribution in [3.63, 3.8) is 0 Å². The van der Waals surface area contributed by atoms with Crippen LogP contribution in [-0.4, -0.2) is 25.5 Å². The molecule has 19 heavy (non-hydrogen) atoms. The average molecular weight is 279 g/mol. The normalized spacial score (nSPS) is 10.3. The molecule has 0 saturated heterocycles. The summed E-state index contributed by atoms with van der Waals surface area (Å²) in [6.45, 7) is 1.71. The van der Waals surface area contributed by atoms with Crippen LogP contribution in [0.25, 0.3) is 0 Å². The van der Waals surface area contributed by atoms with Gasteiger partial charge in [-0.1, -0.05) is 11.6 Å². The van der Waals surface area contributed by atoms with Crippen molar-refractivity contribution in [1.82, 2.24) is 19.6 Å². The lowest BCUT2D eigenvalue weighted by atomic mass is 10.3. The van der Waals surface area contributed by atoms with Crippen molar-refractivity contribution < 1.29 is 4.79 Å². The first-order valence-electron chi connectivity index (χ1n) is 5.38. The van der Waals surface area contributed by atoms with Crippen LogP contribution in [0.3, 0.4) is 0 Å². The molecule has 0 fully saturated rings. The number of nitriles is 1. The minimum Gasteiger partial charge on any atom is -0.304 e. The Bertz CT molecular complexity index is 693. The third-order valence-corrected chi connectivity index (χ3v) is 3.11. The molecule has 1 amide bonds. The van der Waals surface area contributed by atoms with Crippen LogP contribution in [-0.2, 0) is 14.1 Å². The molecule has 2 aromatic heterocycles. The fourth-order valence-corrected chi connectivity index (χ4v) is 1.96. The number of hydrogen-bond acceptors (Lipinski definition) is 4. The molecule has 0 spiro atoms. The molecule has 0 aliphatic rings.